The molecule has 0 aromatic rings. The Morgan fingerprint density at radius 2 is 1.93 bits per heavy atom. The first kappa shape index (κ1) is 24.3. The largest absolute Gasteiger partial charge is 0.481 e. The molecule has 0 aliphatic heterocycles. The van der Waals surface area contributed by atoms with Crippen LogP contribution in [0.3, 0.4) is 0 Å². The standard InChI is InChI=1S/C22H36O6/c1-17(21(26)28-2)10-6-7-12-19(23)16-18-11-9-15-22(18,27)14-8-4-3-5-13-20(24)25/h4,8,17-18,27H,3,5-7,9-16H2,1-2H3,(H,24,25)/t17?,18-,22-/m1/s1. The molecular formula is C22H36O6. The van der Waals surface area contributed by atoms with Gasteiger partial charge in [0.05, 0.1) is 18.6 Å². The number of methoxy groups -OCH3 is 1. The Morgan fingerprint density at radius 1 is 1.18 bits per heavy atom. The maximum atomic E-state index is 12.3. The fourth-order valence-electron chi connectivity index (χ4n) is 3.93. The number of unbranched alkanes of at least 4 members (excludes halogenated alkanes) is 2. The Bertz CT molecular complexity index is 541. The molecule has 2 N–H and O–H groups in total. The van der Waals surface area contributed by atoms with E-state index in [1.807, 2.05) is 19.1 Å². The van der Waals surface area contributed by atoms with Crippen LogP contribution in [0.2, 0.25) is 0 Å². The van der Waals surface area contributed by atoms with Gasteiger partial charge in [-0.25, -0.2) is 0 Å². The van der Waals surface area contributed by atoms with Gasteiger partial charge in [0.15, 0.2) is 0 Å². The molecule has 1 saturated carbocycles. The van der Waals surface area contributed by atoms with E-state index in [9.17, 15) is 19.5 Å². The predicted octanol–water partition coefficient (Wildman–Crippen LogP) is 4.05. The van der Waals surface area contributed by atoms with E-state index in [0.717, 1.165) is 32.1 Å². The Labute approximate surface area is 168 Å². The van der Waals surface area contributed by atoms with Crippen LogP contribution in [-0.2, 0) is 19.1 Å². The van der Waals surface area contributed by atoms with E-state index in [0.29, 0.717) is 38.5 Å². The highest BCUT2D eigenvalue weighted by molar-refractivity contribution is 5.78. The number of allylic oxidation sites excluding steroid dienone is 1. The molecule has 160 valence electrons. The van der Waals surface area contributed by atoms with Crippen LogP contribution in [0.1, 0.15) is 84.0 Å². The van der Waals surface area contributed by atoms with E-state index in [1.54, 1.807) is 0 Å². The van der Waals surface area contributed by atoms with Gasteiger partial charge in [0.2, 0.25) is 0 Å². The van der Waals surface area contributed by atoms with Crippen molar-refractivity contribution >= 4 is 17.7 Å². The van der Waals surface area contributed by atoms with Crippen molar-refractivity contribution in [1.82, 2.24) is 0 Å². The normalized spacial score (nSPS) is 23.0. The fraction of sp³-hybridized carbons (Fsp3) is 0.773. The summed E-state index contributed by atoms with van der Waals surface area (Å²) in [5.74, 6) is -0.957. The van der Waals surface area contributed by atoms with E-state index in [2.05, 4.69) is 0 Å². The summed E-state index contributed by atoms with van der Waals surface area (Å²) in [7, 11) is 1.39. The summed E-state index contributed by atoms with van der Waals surface area (Å²) in [4.78, 5) is 34.2. The quantitative estimate of drug-likeness (QED) is 0.261. The van der Waals surface area contributed by atoms with E-state index in [-0.39, 0.29) is 30.0 Å². The summed E-state index contributed by atoms with van der Waals surface area (Å²) in [5, 5.41) is 19.6. The van der Waals surface area contributed by atoms with E-state index < -0.39 is 11.6 Å². The maximum Gasteiger partial charge on any atom is 0.308 e. The molecule has 1 rings (SSSR count). The first-order chi connectivity index (χ1) is 13.3. The molecule has 0 heterocycles. The SMILES string of the molecule is COC(=O)C(C)CCCCC(=O)C[C@H]1CCC[C@]1(O)CC=CCCCC(=O)O. The molecule has 1 unspecified atom stereocenters. The first-order valence-corrected chi connectivity index (χ1v) is 10.5. The van der Waals surface area contributed by atoms with Gasteiger partial charge in [-0.15, -0.1) is 0 Å². The minimum Gasteiger partial charge on any atom is -0.481 e. The average Bonchev–Trinajstić information content (AvgIpc) is 3.01. The third kappa shape index (κ3) is 9.00. The number of ketones is 1. The first-order valence-electron chi connectivity index (χ1n) is 10.5. The highest BCUT2D eigenvalue weighted by atomic mass is 16.5. The van der Waals surface area contributed by atoms with Crippen LogP contribution >= 0.6 is 0 Å². The zero-order valence-electron chi connectivity index (χ0n) is 17.3. The summed E-state index contributed by atoms with van der Waals surface area (Å²) in [6.45, 7) is 1.83. The number of aliphatic hydroxyl groups is 1. The number of carboxylic acid groups (broad SMARTS) is 1. The molecule has 1 fully saturated rings. The summed E-state index contributed by atoms with van der Waals surface area (Å²) < 4.78 is 4.70. The lowest BCUT2D eigenvalue weighted by atomic mass is 9.83. The van der Waals surface area contributed by atoms with Crippen molar-refractivity contribution < 1.29 is 29.3 Å². The molecule has 3 atom stereocenters. The molecule has 0 aromatic carbocycles. The second kappa shape index (κ2) is 12.7. The number of Topliss-reactive ketones (excluding diaryl/α,β-unsaturated/α-hetero) is 1. The minimum atomic E-state index is -0.821. The molecule has 6 nitrogen and oxygen atoms in total. The van der Waals surface area contributed by atoms with Crippen molar-refractivity contribution in [1.29, 1.82) is 0 Å². The summed E-state index contributed by atoms with van der Waals surface area (Å²) in [6.07, 6.45) is 11.5. The number of esters is 1. The molecule has 0 bridgehead atoms. The highest BCUT2D eigenvalue weighted by Gasteiger charge is 2.40. The van der Waals surface area contributed by atoms with Crippen LogP contribution in [0, 0.1) is 11.8 Å². The molecule has 1 aliphatic rings. The number of rotatable bonds is 14. The average molecular weight is 397 g/mol. The number of carboxylic acids is 1. The van der Waals surface area contributed by atoms with Crippen molar-refractivity contribution in [3.05, 3.63) is 12.2 Å². The summed E-state index contributed by atoms with van der Waals surface area (Å²) >= 11 is 0. The molecular weight excluding hydrogens is 360 g/mol. The molecule has 1 aliphatic carbocycles. The second-order valence-electron chi connectivity index (χ2n) is 8.07. The third-order valence-electron chi connectivity index (χ3n) is 5.74. The fourth-order valence-corrected chi connectivity index (χ4v) is 3.93. The molecule has 6 heteroatoms. The number of ether oxygens (including phenoxy) is 1. The highest BCUT2D eigenvalue weighted by Crippen LogP contribution is 2.41. The van der Waals surface area contributed by atoms with Crippen molar-refractivity contribution in [3.63, 3.8) is 0 Å². The van der Waals surface area contributed by atoms with Gasteiger partial charge in [-0.3, -0.25) is 14.4 Å². The predicted molar refractivity (Wildman–Crippen MR) is 107 cm³/mol. The number of hydrogen-bond donors (Lipinski definition) is 2. The van der Waals surface area contributed by atoms with Gasteiger partial charge in [-0.1, -0.05) is 31.9 Å². The molecule has 0 spiro atoms. The third-order valence-corrected chi connectivity index (χ3v) is 5.74. The van der Waals surface area contributed by atoms with Crippen LogP contribution in [0.15, 0.2) is 12.2 Å². The molecule has 0 amide bonds. The molecule has 28 heavy (non-hydrogen) atoms. The van der Waals surface area contributed by atoms with Crippen molar-refractivity contribution in [2.75, 3.05) is 7.11 Å². The van der Waals surface area contributed by atoms with Crippen LogP contribution in [0.5, 0.6) is 0 Å². The van der Waals surface area contributed by atoms with Gasteiger partial charge >= 0.3 is 11.9 Å². The Morgan fingerprint density at radius 3 is 2.61 bits per heavy atom. The summed E-state index contributed by atoms with van der Waals surface area (Å²) in [6, 6.07) is 0. The number of carbonyl (C=O) groups is 3. The minimum absolute atomic E-state index is 0.00216. The molecule has 0 saturated heterocycles. The van der Waals surface area contributed by atoms with E-state index >= 15 is 0 Å². The number of aliphatic carboxylic acids is 1. The monoisotopic (exact) mass is 396 g/mol. The Balaban J connectivity index is 2.31. The summed E-state index contributed by atoms with van der Waals surface area (Å²) in [5.41, 5.74) is -0.821. The van der Waals surface area contributed by atoms with Gasteiger partial charge in [-0.2, -0.15) is 0 Å². The Kier molecular flexibility index (Phi) is 11.0. The number of hydrogen-bond acceptors (Lipinski definition) is 5. The van der Waals surface area contributed by atoms with Crippen LogP contribution < -0.4 is 0 Å². The Hall–Kier alpha value is -1.69. The maximum absolute atomic E-state index is 12.3. The lowest BCUT2D eigenvalue weighted by Gasteiger charge is -2.28. The van der Waals surface area contributed by atoms with Crippen molar-refractivity contribution in [2.45, 2.75) is 89.6 Å². The lowest BCUT2D eigenvalue weighted by Crippen LogP contribution is -2.33. The van der Waals surface area contributed by atoms with E-state index in [4.69, 9.17) is 9.84 Å². The van der Waals surface area contributed by atoms with Gasteiger partial charge < -0.3 is 14.9 Å². The van der Waals surface area contributed by atoms with Gasteiger partial charge in [0.1, 0.15) is 5.78 Å². The smallest absolute Gasteiger partial charge is 0.308 e. The molecule has 0 radical (unpaired) electrons. The van der Waals surface area contributed by atoms with Crippen LogP contribution in [0.25, 0.3) is 0 Å². The van der Waals surface area contributed by atoms with Gasteiger partial charge in [0.25, 0.3) is 0 Å². The van der Waals surface area contributed by atoms with Crippen molar-refractivity contribution in [2.24, 2.45) is 11.8 Å². The van der Waals surface area contributed by atoms with Gasteiger partial charge in [-0.05, 0) is 50.9 Å². The zero-order chi connectivity index (χ0) is 21.0. The van der Waals surface area contributed by atoms with E-state index in [1.165, 1.54) is 7.11 Å². The molecule has 0 aromatic heterocycles. The second-order valence-corrected chi connectivity index (χ2v) is 8.07. The van der Waals surface area contributed by atoms with Crippen molar-refractivity contribution in [3.8, 4) is 0 Å². The number of carbonyl (C=O) groups excluding carboxylic acids is 2. The topological polar surface area (TPSA) is 101 Å². The zero-order valence-corrected chi connectivity index (χ0v) is 17.3. The van der Waals surface area contributed by atoms with Gasteiger partial charge in [0, 0.05) is 19.3 Å². The van der Waals surface area contributed by atoms with Crippen LogP contribution in [0.4, 0.5) is 0 Å². The lowest BCUT2D eigenvalue weighted by molar-refractivity contribution is -0.145. The van der Waals surface area contributed by atoms with Crippen LogP contribution in [-0.4, -0.2) is 40.6 Å².